The summed E-state index contributed by atoms with van der Waals surface area (Å²) in [6, 6.07) is 6.40. The molecule has 1 aliphatic heterocycles. The van der Waals surface area contributed by atoms with E-state index in [2.05, 4.69) is 5.32 Å². The van der Waals surface area contributed by atoms with Gasteiger partial charge >= 0.3 is 11.7 Å². The second-order valence-corrected chi connectivity index (χ2v) is 11.0. The monoisotopic (exact) mass is 581 g/mol. The molecular weight excluding hydrogens is 557 g/mol. The molecule has 2 aromatic carbocycles. The van der Waals surface area contributed by atoms with Crippen molar-refractivity contribution in [1.29, 1.82) is 0 Å². The smallest absolute Gasteiger partial charge is 0.414 e. The third kappa shape index (κ3) is 6.06. The number of carbonyl (C=O) groups is 2. The SMILES string of the molecule is Cc1c(Cc2cccc(S(=O)(=O)NC(=O)C3CNCCO3)c2F)c(=O)oc2cc(OC(=O)N(C)C)c(Cl)cc12. The molecule has 1 atom stereocenters. The number of rotatable bonds is 6. The van der Waals surface area contributed by atoms with Gasteiger partial charge in [0.15, 0.2) is 5.75 Å². The van der Waals surface area contributed by atoms with Crippen LogP contribution in [0, 0.1) is 12.7 Å². The van der Waals surface area contributed by atoms with Crippen LogP contribution in [0.15, 0.2) is 44.4 Å². The summed E-state index contributed by atoms with van der Waals surface area (Å²) in [5.41, 5.74) is -0.341. The topological polar surface area (TPSA) is 144 Å². The number of nitrogens with one attached hydrogen (secondary N) is 2. The summed E-state index contributed by atoms with van der Waals surface area (Å²) in [6.07, 6.45) is -2.03. The molecule has 0 aliphatic carbocycles. The Morgan fingerprint density at radius 1 is 1.28 bits per heavy atom. The van der Waals surface area contributed by atoms with Gasteiger partial charge in [-0.05, 0) is 30.2 Å². The summed E-state index contributed by atoms with van der Waals surface area (Å²) in [4.78, 5) is 37.6. The molecule has 0 radical (unpaired) electrons. The predicted octanol–water partition coefficient (Wildman–Crippen LogP) is 2.34. The summed E-state index contributed by atoms with van der Waals surface area (Å²) < 4.78 is 58.8. The Morgan fingerprint density at radius 3 is 2.69 bits per heavy atom. The number of hydrogen-bond donors (Lipinski definition) is 2. The highest BCUT2D eigenvalue weighted by atomic mass is 35.5. The van der Waals surface area contributed by atoms with Gasteiger partial charge in [-0.1, -0.05) is 23.7 Å². The molecule has 14 heteroatoms. The van der Waals surface area contributed by atoms with E-state index in [-0.39, 0.29) is 47.1 Å². The molecule has 39 heavy (non-hydrogen) atoms. The maximum atomic E-state index is 15.4. The first kappa shape index (κ1) is 28.5. The van der Waals surface area contributed by atoms with Crippen LogP contribution in [-0.2, 0) is 26.0 Å². The summed E-state index contributed by atoms with van der Waals surface area (Å²) in [5.74, 6) is -2.06. The molecule has 1 fully saturated rings. The Bertz CT molecular complexity index is 1620. The molecule has 4 rings (SSSR count). The molecule has 208 valence electrons. The van der Waals surface area contributed by atoms with Crippen LogP contribution in [0.4, 0.5) is 9.18 Å². The number of carbonyl (C=O) groups excluding carboxylic acids is 2. The third-order valence-electron chi connectivity index (χ3n) is 6.06. The minimum absolute atomic E-state index is 0.0152. The third-order valence-corrected chi connectivity index (χ3v) is 7.72. The van der Waals surface area contributed by atoms with Crippen LogP contribution in [0.5, 0.6) is 5.75 Å². The number of sulfonamides is 1. The van der Waals surface area contributed by atoms with E-state index in [9.17, 15) is 22.8 Å². The van der Waals surface area contributed by atoms with Gasteiger partial charge in [-0.15, -0.1) is 0 Å². The molecule has 1 aromatic heterocycles. The van der Waals surface area contributed by atoms with E-state index in [4.69, 9.17) is 25.5 Å². The first-order valence-electron chi connectivity index (χ1n) is 11.7. The maximum Gasteiger partial charge on any atom is 0.414 e. The lowest BCUT2D eigenvalue weighted by molar-refractivity contribution is -0.132. The van der Waals surface area contributed by atoms with Gasteiger partial charge in [-0.2, -0.15) is 0 Å². The lowest BCUT2D eigenvalue weighted by Gasteiger charge is -2.22. The fourth-order valence-electron chi connectivity index (χ4n) is 3.94. The van der Waals surface area contributed by atoms with Crippen molar-refractivity contribution < 1.29 is 36.3 Å². The normalized spacial score (nSPS) is 15.7. The molecule has 0 bridgehead atoms. The Balaban J connectivity index is 1.65. The van der Waals surface area contributed by atoms with Crippen LogP contribution in [0.1, 0.15) is 16.7 Å². The van der Waals surface area contributed by atoms with Crippen molar-refractivity contribution in [2.24, 2.45) is 0 Å². The van der Waals surface area contributed by atoms with Crippen molar-refractivity contribution in [2.45, 2.75) is 24.3 Å². The average Bonchev–Trinajstić information content (AvgIpc) is 2.88. The van der Waals surface area contributed by atoms with Crippen LogP contribution in [-0.4, -0.2) is 65.2 Å². The largest absolute Gasteiger partial charge is 0.422 e. The lowest BCUT2D eigenvalue weighted by atomic mass is 9.99. The number of ether oxygens (including phenoxy) is 2. The van der Waals surface area contributed by atoms with E-state index in [1.807, 2.05) is 4.72 Å². The van der Waals surface area contributed by atoms with Gasteiger partial charge in [0.2, 0.25) is 0 Å². The van der Waals surface area contributed by atoms with Crippen molar-refractivity contribution in [3.8, 4) is 5.75 Å². The predicted molar refractivity (Wildman–Crippen MR) is 139 cm³/mol. The standard InChI is InChI=1S/C25H25ClFN3O8S/c1-13-15-10-17(26)19(38-25(33)30(2)3)11-18(15)37-24(32)16(13)9-14-5-4-6-21(22(14)27)39(34,35)29-23(31)20-12-28-7-8-36-20/h4-6,10-11,20,28H,7-9,12H2,1-3H3,(H,29,31). The number of hydrogen-bond acceptors (Lipinski definition) is 9. The number of halogens is 2. The highest BCUT2D eigenvalue weighted by Crippen LogP contribution is 2.33. The van der Waals surface area contributed by atoms with E-state index in [0.717, 1.165) is 6.07 Å². The zero-order valence-corrected chi connectivity index (χ0v) is 22.7. The second-order valence-electron chi connectivity index (χ2n) is 8.97. The van der Waals surface area contributed by atoms with E-state index in [1.54, 1.807) is 6.92 Å². The quantitative estimate of drug-likeness (QED) is 0.419. The molecule has 1 unspecified atom stereocenters. The van der Waals surface area contributed by atoms with Gasteiger partial charge in [-0.25, -0.2) is 27.1 Å². The number of morpholine rings is 1. The Morgan fingerprint density at radius 2 is 2.03 bits per heavy atom. The number of nitrogens with zero attached hydrogens (tertiary/aromatic N) is 1. The minimum atomic E-state index is -4.58. The molecule has 3 aromatic rings. The lowest BCUT2D eigenvalue weighted by Crippen LogP contribution is -2.49. The van der Waals surface area contributed by atoms with Gasteiger partial charge in [0.1, 0.15) is 22.4 Å². The molecule has 0 spiro atoms. The molecule has 1 saturated heterocycles. The number of fused-ring (bicyclic) bond motifs is 1. The first-order valence-corrected chi connectivity index (χ1v) is 13.6. The Hall–Kier alpha value is -3.52. The number of benzene rings is 2. The summed E-state index contributed by atoms with van der Waals surface area (Å²) in [7, 11) is -1.60. The zero-order chi connectivity index (χ0) is 28.5. The molecule has 2 amide bonds. The molecule has 1 aliphatic rings. The van der Waals surface area contributed by atoms with E-state index in [1.165, 1.54) is 43.3 Å². The van der Waals surface area contributed by atoms with E-state index in [0.29, 0.717) is 17.5 Å². The van der Waals surface area contributed by atoms with Gasteiger partial charge in [0, 0.05) is 50.6 Å². The van der Waals surface area contributed by atoms with E-state index >= 15 is 4.39 Å². The maximum absolute atomic E-state index is 15.4. The van der Waals surface area contributed by atoms with Crippen LogP contribution in [0.3, 0.4) is 0 Å². The van der Waals surface area contributed by atoms with Crippen LogP contribution in [0.2, 0.25) is 5.02 Å². The highest BCUT2D eigenvalue weighted by Gasteiger charge is 2.29. The fourth-order valence-corrected chi connectivity index (χ4v) is 5.27. The van der Waals surface area contributed by atoms with Crippen molar-refractivity contribution in [3.05, 3.63) is 68.3 Å². The fraction of sp³-hybridized carbons (Fsp3) is 0.320. The van der Waals surface area contributed by atoms with Crippen molar-refractivity contribution in [2.75, 3.05) is 33.8 Å². The zero-order valence-electron chi connectivity index (χ0n) is 21.2. The molecule has 2 N–H and O–H groups in total. The van der Waals surface area contributed by atoms with Gasteiger partial charge in [0.05, 0.1) is 11.6 Å². The second kappa shape index (κ2) is 11.3. The molecule has 0 saturated carbocycles. The first-order chi connectivity index (χ1) is 18.4. The van der Waals surface area contributed by atoms with Gasteiger partial charge < -0.3 is 24.1 Å². The van der Waals surface area contributed by atoms with Crippen molar-refractivity contribution in [3.63, 3.8) is 0 Å². The summed E-state index contributed by atoms with van der Waals surface area (Å²) in [6.45, 7) is 2.47. The minimum Gasteiger partial charge on any atom is -0.422 e. The van der Waals surface area contributed by atoms with E-state index < -0.39 is 44.5 Å². The Kier molecular flexibility index (Phi) is 8.25. The van der Waals surface area contributed by atoms with Crippen LogP contribution in [0.25, 0.3) is 11.0 Å². The summed E-state index contributed by atoms with van der Waals surface area (Å²) >= 11 is 6.28. The molecule has 11 nitrogen and oxygen atoms in total. The van der Waals surface area contributed by atoms with Crippen molar-refractivity contribution in [1.82, 2.24) is 14.9 Å². The summed E-state index contributed by atoms with van der Waals surface area (Å²) in [5, 5.41) is 3.40. The molecule has 2 heterocycles. The number of amides is 2. The van der Waals surface area contributed by atoms with Gasteiger partial charge in [-0.3, -0.25) is 4.79 Å². The Labute approximate surface area is 227 Å². The van der Waals surface area contributed by atoms with Crippen LogP contribution < -0.4 is 20.4 Å². The number of aryl methyl sites for hydroxylation is 1. The average molecular weight is 582 g/mol. The van der Waals surface area contributed by atoms with Crippen molar-refractivity contribution >= 4 is 44.6 Å². The van der Waals surface area contributed by atoms with Gasteiger partial charge in [0.25, 0.3) is 15.9 Å². The molecular formula is C25H25ClFN3O8S. The highest BCUT2D eigenvalue weighted by molar-refractivity contribution is 7.90. The van der Waals surface area contributed by atoms with Crippen LogP contribution >= 0.6 is 11.6 Å².